The Morgan fingerprint density at radius 1 is 1.43 bits per heavy atom. The van der Waals surface area contributed by atoms with E-state index in [0.29, 0.717) is 6.54 Å². The lowest BCUT2D eigenvalue weighted by molar-refractivity contribution is 0.140. The molecule has 0 saturated heterocycles. The van der Waals surface area contributed by atoms with Gasteiger partial charge in [0.25, 0.3) is 6.43 Å². The summed E-state index contributed by atoms with van der Waals surface area (Å²) < 4.78 is 24.4. The Morgan fingerprint density at radius 3 is 2.71 bits per heavy atom. The minimum Gasteiger partial charge on any atom is -0.368 e. The number of aromatic nitrogens is 3. The molecule has 0 amide bonds. The summed E-state index contributed by atoms with van der Waals surface area (Å²) in [6.45, 7) is 3.81. The van der Waals surface area contributed by atoms with Crippen LogP contribution < -0.4 is 11.1 Å². The van der Waals surface area contributed by atoms with Gasteiger partial charge < -0.3 is 11.1 Å². The molecule has 0 atom stereocenters. The summed E-state index contributed by atoms with van der Waals surface area (Å²) in [5, 5.41) is 2.64. The van der Waals surface area contributed by atoms with Crippen molar-refractivity contribution in [1.29, 1.82) is 0 Å². The normalized spacial score (nSPS) is 10.2. The molecule has 0 aliphatic carbocycles. The molecule has 14 heavy (non-hydrogen) atoms. The van der Waals surface area contributed by atoms with Gasteiger partial charge in [0.15, 0.2) is 0 Å². The van der Waals surface area contributed by atoms with Crippen molar-refractivity contribution in [2.45, 2.75) is 6.43 Å². The van der Waals surface area contributed by atoms with Crippen LogP contribution in [0.2, 0.25) is 0 Å². The second-order valence-electron chi connectivity index (χ2n) is 2.35. The molecule has 0 aromatic carbocycles. The molecular weight excluding hydrogens is 192 g/mol. The van der Waals surface area contributed by atoms with Crippen molar-refractivity contribution in [1.82, 2.24) is 15.0 Å². The molecule has 0 unspecified atom stereocenters. The topological polar surface area (TPSA) is 76.7 Å². The Balaban J connectivity index is 2.89. The molecule has 1 aromatic rings. The van der Waals surface area contributed by atoms with Crippen LogP contribution in [-0.2, 0) is 0 Å². The van der Waals surface area contributed by atoms with Gasteiger partial charge in [0.2, 0.25) is 17.7 Å². The van der Waals surface area contributed by atoms with E-state index < -0.39 is 12.2 Å². The monoisotopic (exact) mass is 201 g/mol. The van der Waals surface area contributed by atoms with Crippen molar-refractivity contribution in [3.63, 3.8) is 0 Å². The highest BCUT2D eigenvalue weighted by atomic mass is 19.3. The first-order chi connectivity index (χ1) is 6.63. The van der Waals surface area contributed by atoms with E-state index in [1.54, 1.807) is 6.08 Å². The fraction of sp³-hybridized carbons (Fsp3) is 0.286. The third kappa shape index (κ3) is 2.61. The second kappa shape index (κ2) is 4.45. The highest BCUT2D eigenvalue weighted by Gasteiger charge is 2.13. The third-order valence-electron chi connectivity index (χ3n) is 1.27. The Kier molecular flexibility index (Phi) is 3.27. The zero-order valence-corrected chi connectivity index (χ0v) is 7.24. The molecule has 0 radical (unpaired) electrons. The van der Waals surface area contributed by atoms with E-state index in [9.17, 15) is 8.78 Å². The molecule has 0 aliphatic heterocycles. The predicted octanol–water partition coefficient (Wildman–Crippen LogP) is 0.989. The van der Waals surface area contributed by atoms with E-state index in [1.165, 1.54) is 0 Å². The van der Waals surface area contributed by atoms with Crippen molar-refractivity contribution < 1.29 is 8.78 Å². The maximum atomic E-state index is 12.2. The van der Waals surface area contributed by atoms with Crippen molar-refractivity contribution in [3.05, 3.63) is 18.5 Å². The first-order valence-corrected chi connectivity index (χ1v) is 3.78. The average Bonchev–Trinajstić information content (AvgIpc) is 2.14. The summed E-state index contributed by atoms with van der Waals surface area (Å²) in [4.78, 5) is 10.4. The number of anilines is 2. The van der Waals surface area contributed by atoms with Crippen LogP contribution in [0.3, 0.4) is 0 Å². The van der Waals surface area contributed by atoms with E-state index in [0.717, 1.165) is 0 Å². The Labute approximate surface area is 79.1 Å². The SMILES string of the molecule is C=CCNc1nc(N)nc(C(F)F)n1. The molecule has 1 heterocycles. The highest BCUT2D eigenvalue weighted by Crippen LogP contribution is 2.15. The Morgan fingerprint density at radius 2 is 2.14 bits per heavy atom. The lowest BCUT2D eigenvalue weighted by Gasteiger charge is -2.04. The van der Waals surface area contributed by atoms with Crippen LogP contribution in [0.15, 0.2) is 12.7 Å². The standard InChI is InChI=1S/C7H9F2N5/c1-2-3-11-7-13-5(4(8)9)12-6(10)14-7/h2,4H,1,3H2,(H3,10,11,12,13,14). The molecule has 0 fully saturated rings. The van der Waals surface area contributed by atoms with Gasteiger partial charge in [0.05, 0.1) is 0 Å². The summed E-state index contributed by atoms with van der Waals surface area (Å²) in [6, 6.07) is 0. The van der Waals surface area contributed by atoms with Gasteiger partial charge >= 0.3 is 0 Å². The van der Waals surface area contributed by atoms with Crippen LogP contribution >= 0.6 is 0 Å². The van der Waals surface area contributed by atoms with Crippen molar-refractivity contribution in [2.24, 2.45) is 0 Å². The number of nitrogens with zero attached hydrogens (tertiary/aromatic N) is 3. The molecule has 7 heteroatoms. The molecular formula is C7H9F2N5. The van der Waals surface area contributed by atoms with Gasteiger partial charge in [-0.05, 0) is 0 Å². The maximum absolute atomic E-state index is 12.2. The molecule has 0 bridgehead atoms. The number of hydrogen-bond donors (Lipinski definition) is 2. The van der Waals surface area contributed by atoms with Gasteiger partial charge in [0, 0.05) is 6.54 Å². The van der Waals surface area contributed by atoms with Crippen molar-refractivity contribution in [3.8, 4) is 0 Å². The third-order valence-corrected chi connectivity index (χ3v) is 1.27. The van der Waals surface area contributed by atoms with E-state index in [4.69, 9.17) is 5.73 Å². The van der Waals surface area contributed by atoms with Gasteiger partial charge in [-0.1, -0.05) is 6.08 Å². The van der Waals surface area contributed by atoms with Crippen molar-refractivity contribution >= 4 is 11.9 Å². The summed E-state index contributed by atoms with van der Waals surface area (Å²) >= 11 is 0. The molecule has 1 rings (SSSR count). The average molecular weight is 201 g/mol. The fourth-order valence-electron chi connectivity index (χ4n) is 0.749. The van der Waals surface area contributed by atoms with Gasteiger partial charge in [0.1, 0.15) is 0 Å². The summed E-state index contributed by atoms with van der Waals surface area (Å²) in [7, 11) is 0. The number of alkyl halides is 2. The molecule has 0 aliphatic rings. The lowest BCUT2D eigenvalue weighted by atomic mass is 10.6. The van der Waals surface area contributed by atoms with E-state index >= 15 is 0 Å². The van der Waals surface area contributed by atoms with Crippen LogP contribution in [0.4, 0.5) is 20.7 Å². The van der Waals surface area contributed by atoms with Crippen LogP contribution in [0.1, 0.15) is 12.2 Å². The number of hydrogen-bond acceptors (Lipinski definition) is 5. The van der Waals surface area contributed by atoms with E-state index in [-0.39, 0.29) is 11.9 Å². The number of nitrogens with one attached hydrogen (secondary N) is 1. The summed E-state index contributed by atoms with van der Waals surface area (Å²) in [5.74, 6) is -0.848. The summed E-state index contributed by atoms with van der Waals surface area (Å²) in [5.41, 5.74) is 5.21. The predicted molar refractivity (Wildman–Crippen MR) is 47.9 cm³/mol. The van der Waals surface area contributed by atoms with E-state index in [2.05, 4.69) is 26.8 Å². The molecule has 76 valence electrons. The Hall–Kier alpha value is -1.79. The quantitative estimate of drug-likeness (QED) is 0.710. The van der Waals surface area contributed by atoms with Gasteiger partial charge in [-0.25, -0.2) is 8.78 Å². The number of nitrogens with two attached hydrogens (primary N) is 1. The zero-order valence-electron chi connectivity index (χ0n) is 7.24. The molecule has 3 N–H and O–H groups in total. The number of rotatable bonds is 4. The number of halogens is 2. The van der Waals surface area contributed by atoms with Gasteiger partial charge in [-0.2, -0.15) is 15.0 Å². The molecule has 0 spiro atoms. The Bertz CT molecular complexity index is 328. The highest BCUT2D eigenvalue weighted by molar-refractivity contribution is 5.31. The van der Waals surface area contributed by atoms with Crippen molar-refractivity contribution in [2.75, 3.05) is 17.6 Å². The first kappa shape index (κ1) is 10.3. The van der Waals surface area contributed by atoms with Crippen LogP contribution in [0, 0.1) is 0 Å². The van der Waals surface area contributed by atoms with E-state index in [1.807, 2.05) is 0 Å². The van der Waals surface area contributed by atoms with Crippen LogP contribution in [0.25, 0.3) is 0 Å². The molecule has 5 nitrogen and oxygen atoms in total. The van der Waals surface area contributed by atoms with Gasteiger partial charge in [-0.15, -0.1) is 6.58 Å². The summed E-state index contributed by atoms with van der Waals surface area (Å²) in [6.07, 6.45) is -1.22. The van der Waals surface area contributed by atoms with Crippen LogP contribution in [-0.4, -0.2) is 21.5 Å². The maximum Gasteiger partial charge on any atom is 0.297 e. The smallest absolute Gasteiger partial charge is 0.297 e. The second-order valence-corrected chi connectivity index (χ2v) is 2.35. The lowest BCUT2D eigenvalue weighted by Crippen LogP contribution is -2.09. The number of nitrogen functional groups attached to an aromatic ring is 1. The van der Waals surface area contributed by atoms with Crippen LogP contribution in [0.5, 0.6) is 0 Å². The minimum absolute atomic E-state index is 0.0210. The molecule has 1 aromatic heterocycles. The zero-order chi connectivity index (χ0) is 10.6. The minimum atomic E-state index is -2.76. The molecule has 0 saturated carbocycles. The fourth-order valence-corrected chi connectivity index (χ4v) is 0.749. The largest absolute Gasteiger partial charge is 0.368 e. The van der Waals surface area contributed by atoms with Gasteiger partial charge in [-0.3, -0.25) is 0 Å². The first-order valence-electron chi connectivity index (χ1n) is 3.78.